The molecule has 25 heavy (non-hydrogen) atoms. The molecule has 1 atom stereocenters. The van der Waals surface area contributed by atoms with E-state index in [1.54, 1.807) is 6.92 Å². The molecule has 6 heteroatoms. The molecule has 0 saturated carbocycles. The summed E-state index contributed by atoms with van der Waals surface area (Å²) in [4.78, 5) is 39.0. The van der Waals surface area contributed by atoms with Crippen molar-refractivity contribution in [3.63, 3.8) is 0 Å². The van der Waals surface area contributed by atoms with Gasteiger partial charge in [-0.1, -0.05) is 20.8 Å². The number of rotatable bonds is 3. The second-order valence-corrected chi connectivity index (χ2v) is 8.64. The molecule has 1 aromatic rings. The number of hydrogen-bond acceptors (Lipinski definition) is 5. The van der Waals surface area contributed by atoms with E-state index in [2.05, 4.69) is 20.8 Å². The van der Waals surface area contributed by atoms with Crippen LogP contribution in [0.15, 0.2) is 12.2 Å². The molecule has 0 spiro atoms. The van der Waals surface area contributed by atoms with Crippen LogP contribution in [-0.4, -0.2) is 24.4 Å². The fraction of sp³-hybridized carbons (Fsp3) is 0.526. The molecule has 1 aromatic heterocycles. The zero-order valence-corrected chi connectivity index (χ0v) is 15.9. The lowest BCUT2D eigenvalue weighted by Crippen LogP contribution is -2.30. The molecule has 2 amide bonds. The van der Waals surface area contributed by atoms with E-state index in [0.717, 1.165) is 34.6 Å². The van der Waals surface area contributed by atoms with Crippen LogP contribution in [0.5, 0.6) is 0 Å². The minimum atomic E-state index is -0.447. The SMILES string of the molecule is CCOC(=O)c1c(N2C(=O)C=CC2=O)sc2c1CCC(C(C)(C)C)C2. The highest BCUT2D eigenvalue weighted by Crippen LogP contribution is 2.46. The summed E-state index contributed by atoms with van der Waals surface area (Å²) in [5.41, 5.74) is 1.53. The van der Waals surface area contributed by atoms with Crippen LogP contribution in [0.3, 0.4) is 0 Å². The number of anilines is 1. The van der Waals surface area contributed by atoms with Crippen molar-refractivity contribution >= 4 is 34.1 Å². The lowest BCUT2D eigenvalue weighted by molar-refractivity contribution is -0.119. The first-order chi connectivity index (χ1) is 11.7. The van der Waals surface area contributed by atoms with Gasteiger partial charge in [-0.05, 0) is 43.1 Å². The zero-order valence-electron chi connectivity index (χ0n) is 15.0. The maximum Gasteiger partial charge on any atom is 0.341 e. The maximum absolute atomic E-state index is 12.6. The smallest absolute Gasteiger partial charge is 0.341 e. The molecule has 3 rings (SSSR count). The molecular weight excluding hydrogens is 338 g/mol. The van der Waals surface area contributed by atoms with Gasteiger partial charge in [0.25, 0.3) is 11.8 Å². The third-order valence-electron chi connectivity index (χ3n) is 4.96. The van der Waals surface area contributed by atoms with Crippen molar-refractivity contribution in [1.82, 2.24) is 0 Å². The van der Waals surface area contributed by atoms with Gasteiger partial charge in [0.2, 0.25) is 0 Å². The van der Waals surface area contributed by atoms with Crippen molar-refractivity contribution in [2.24, 2.45) is 11.3 Å². The summed E-state index contributed by atoms with van der Waals surface area (Å²) >= 11 is 1.38. The van der Waals surface area contributed by atoms with E-state index in [4.69, 9.17) is 4.74 Å². The van der Waals surface area contributed by atoms with Gasteiger partial charge in [-0.2, -0.15) is 0 Å². The van der Waals surface area contributed by atoms with Crippen LogP contribution < -0.4 is 4.90 Å². The molecule has 0 radical (unpaired) electrons. The Balaban J connectivity index is 2.07. The van der Waals surface area contributed by atoms with E-state index in [-0.39, 0.29) is 12.0 Å². The van der Waals surface area contributed by atoms with E-state index in [1.807, 2.05) is 0 Å². The van der Waals surface area contributed by atoms with Gasteiger partial charge in [-0.3, -0.25) is 9.59 Å². The van der Waals surface area contributed by atoms with Gasteiger partial charge >= 0.3 is 5.97 Å². The monoisotopic (exact) mass is 361 g/mol. The molecule has 0 fully saturated rings. The molecule has 2 aliphatic rings. The number of hydrogen-bond donors (Lipinski definition) is 0. The van der Waals surface area contributed by atoms with Crippen LogP contribution in [-0.2, 0) is 27.2 Å². The van der Waals surface area contributed by atoms with Gasteiger partial charge in [0.05, 0.1) is 12.2 Å². The summed E-state index contributed by atoms with van der Waals surface area (Å²) in [6.45, 7) is 8.68. The topological polar surface area (TPSA) is 63.7 Å². The third kappa shape index (κ3) is 3.15. The molecule has 0 aromatic carbocycles. The number of carbonyl (C=O) groups is 3. The van der Waals surface area contributed by atoms with Crippen molar-refractivity contribution < 1.29 is 19.1 Å². The summed E-state index contributed by atoms with van der Waals surface area (Å²) in [6, 6.07) is 0. The first kappa shape index (κ1) is 17.9. The minimum absolute atomic E-state index is 0.173. The molecule has 0 N–H and O–H groups in total. The Bertz CT molecular complexity index is 751. The van der Waals surface area contributed by atoms with Gasteiger partial charge in [0.15, 0.2) is 0 Å². The summed E-state index contributed by atoms with van der Waals surface area (Å²) < 4.78 is 5.22. The van der Waals surface area contributed by atoms with Crippen molar-refractivity contribution in [2.45, 2.75) is 47.0 Å². The molecule has 5 nitrogen and oxygen atoms in total. The number of ether oxygens (including phenoxy) is 1. The normalized spacial score (nSPS) is 20.2. The van der Waals surface area contributed by atoms with E-state index in [1.165, 1.54) is 23.5 Å². The first-order valence-electron chi connectivity index (χ1n) is 8.61. The molecule has 134 valence electrons. The molecule has 0 saturated heterocycles. The Kier molecular flexibility index (Phi) is 4.58. The van der Waals surface area contributed by atoms with Crippen LogP contribution in [0, 0.1) is 11.3 Å². The predicted octanol–water partition coefficient (Wildman–Crippen LogP) is 3.51. The molecule has 0 bridgehead atoms. The van der Waals surface area contributed by atoms with E-state index in [0.29, 0.717) is 16.5 Å². The maximum atomic E-state index is 12.6. The van der Waals surface area contributed by atoms with Crippen molar-refractivity contribution in [1.29, 1.82) is 0 Å². The van der Waals surface area contributed by atoms with Crippen LogP contribution >= 0.6 is 11.3 Å². The Hall–Kier alpha value is -1.95. The largest absolute Gasteiger partial charge is 0.462 e. The molecule has 1 unspecified atom stereocenters. The van der Waals surface area contributed by atoms with E-state index in [9.17, 15) is 14.4 Å². The Morgan fingerprint density at radius 2 is 1.92 bits per heavy atom. The van der Waals surface area contributed by atoms with Gasteiger partial charge < -0.3 is 4.74 Å². The average molecular weight is 361 g/mol. The summed E-state index contributed by atoms with van der Waals surface area (Å²) in [5.74, 6) is -0.746. The van der Waals surface area contributed by atoms with Crippen LogP contribution in [0.1, 0.15) is 54.9 Å². The van der Waals surface area contributed by atoms with Crippen LogP contribution in [0.4, 0.5) is 5.00 Å². The fourth-order valence-electron chi connectivity index (χ4n) is 3.48. The molecule has 1 aliphatic carbocycles. The lowest BCUT2D eigenvalue weighted by Gasteiger charge is -2.33. The third-order valence-corrected chi connectivity index (χ3v) is 6.20. The van der Waals surface area contributed by atoms with Gasteiger partial charge in [-0.25, -0.2) is 9.69 Å². The highest BCUT2D eigenvalue weighted by atomic mass is 32.1. The Labute approximate surface area is 151 Å². The van der Waals surface area contributed by atoms with Crippen molar-refractivity contribution in [2.75, 3.05) is 11.5 Å². The second-order valence-electron chi connectivity index (χ2n) is 7.56. The van der Waals surface area contributed by atoms with E-state index >= 15 is 0 Å². The summed E-state index contributed by atoms with van der Waals surface area (Å²) in [5, 5.41) is 0.415. The second kappa shape index (κ2) is 6.41. The first-order valence-corrected chi connectivity index (χ1v) is 9.43. The average Bonchev–Trinajstić information content (AvgIpc) is 3.05. The number of fused-ring (bicyclic) bond motifs is 1. The predicted molar refractivity (Wildman–Crippen MR) is 96.9 cm³/mol. The number of thiophene rings is 1. The fourth-order valence-corrected chi connectivity index (χ4v) is 4.91. The lowest BCUT2D eigenvalue weighted by atomic mass is 9.72. The molecule has 1 aliphatic heterocycles. The van der Waals surface area contributed by atoms with Crippen LogP contribution in [0.25, 0.3) is 0 Å². The summed E-state index contributed by atoms with van der Waals surface area (Å²) in [6.07, 6.45) is 5.10. The van der Waals surface area contributed by atoms with Crippen molar-refractivity contribution in [3.05, 3.63) is 28.2 Å². The van der Waals surface area contributed by atoms with Gasteiger partial charge in [0.1, 0.15) is 5.00 Å². The number of amides is 2. The number of nitrogens with zero attached hydrogens (tertiary/aromatic N) is 1. The number of imide groups is 1. The quantitative estimate of drug-likeness (QED) is 0.610. The van der Waals surface area contributed by atoms with E-state index < -0.39 is 17.8 Å². The van der Waals surface area contributed by atoms with Gasteiger partial charge in [0, 0.05) is 17.0 Å². The highest BCUT2D eigenvalue weighted by Gasteiger charge is 2.38. The number of carbonyl (C=O) groups excluding carboxylic acids is 3. The Morgan fingerprint density at radius 1 is 1.28 bits per heavy atom. The van der Waals surface area contributed by atoms with Crippen molar-refractivity contribution in [3.8, 4) is 0 Å². The summed E-state index contributed by atoms with van der Waals surface area (Å²) in [7, 11) is 0. The highest BCUT2D eigenvalue weighted by molar-refractivity contribution is 7.17. The number of esters is 1. The van der Waals surface area contributed by atoms with Gasteiger partial charge in [-0.15, -0.1) is 11.3 Å². The Morgan fingerprint density at radius 3 is 2.48 bits per heavy atom. The molecular formula is C19H23NO4S. The molecule has 2 heterocycles. The zero-order chi connectivity index (χ0) is 18.4. The van der Waals surface area contributed by atoms with Crippen LogP contribution in [0.2, 0.25) is 0 Å². The minimum Gasteiger partial charge on any atom is -0.462 e. The standard InChI is InChI=1S/C19H23NO4S/c1-5-24-18(23)16-12-7-6-11(19(2,3)4)10-13(12)25-17(16)20-14(21)8-9-15(20)22/h8-9,11H,5-7,10H2,1-4H3.